The lowest BCUT2D eigenvalue weighted by Gasteiger charge is -2.27. The summed E-state index contributed by atoms with van der Waals surface area (Å²) in [6.07, 6.45) is 1.14. The molecular weight excluding hydrogens is 278 g/mol. The summed E-state index contributed by atoms with van der Waals surface area (Å²) in [7, 11) is 0. The van der Waals surface area contributed by atoms with Crippen molar-refractivity contribution in [3.8, 4) is 11.5 Å². The second kappa shape index (κ2) is 7.03. The maximum absolute atomic E-state index is 5.88. The third-order valence-corrected chi connectivity index (χ3v) is 4.29. The standard InChI is InChI=1S/C17H23N3O2/c1-3-20(11-14-9-10-21-12-14)13(2)16-18-19-17(22-16)15-7-5-4-6-8-15/h4-8,13-14H,3,9-12H2,1-2H3/t13-,14+/m0/s1. The molecule has 118 valence electrons. The van der Waals surface area contributed by atoms with Gasteiger partial charge < -0.3 is 9.15 Å². The molecule has 5 nitrogen and oxygen atoms in total. The predicted molar refractivity (Wildman–Crippen MR) is 84.3 cm³/mol. The van der Waals surface area contributed by atoms with E-state index in [2.05, 4.69) is 28.9 Å². The first-order valence-corrected chi connectivity index (χ1v) is 7.98. The summed E-state index contributed by atoms with van der Waals surface area (Å²) >= 11 is 0. The summed E-state index contributed by atoms with van der Waals surface area (Å²) < 4.78 is 11.4. The molecule has 1 fully saturated rings. The highest BCUT2D eigenvalue weighted by Crippen LogP contribution is 2.25. The molecule has 0 N–H and O–H groups in total. The molecule has 1 aliphatic heterocycles. The fourth-order valence-corrected chi connectivity index (χ4v) is 2.88. The van der Waals surface area contributed by atoms with Crippen LogP contribution in [0.25, 0.3) is 11.5 Å². The van der Waals surface area contributed by atoms with Crippen molar-refractivity contribution >= 4 is 0 Å². The van der Waals surface area contributed by atoms with Crippen LogP contribution in [0, 0.1) is 5.92 Å². The van der Waals surface area contributed by atoms with Crippen LogP contribution in [-0.2, 0) is 4.74 Å². The van der Waals surface area contributed by atoms with E-state index < -0.39 is 0 Å². The molecule has 2 heterocycles. The van der Waals surface area contributed by atoms with Gasteiger partial charge in [0.2, 0.25) is 11.8 Å². The normalized spacial score (nSPS) is 19.7. The molecular formula is C17H23N3O2. The number of benzene rings is 1. The van der Waals surface area contributed by atoms with Crippen LogP contribution < -0.4 is 0 Å². The number of rotatable bonds is 6. The fraction of sp³-hybridized carbons (Fsp3) is 0.529. The van der Waals surface area contributed by atoms with Gasteiger partial charge >= 0.3 is 0 Å². The lowest BCUT2D eigenvalue weighted by molar-refractivity contribution is 0.141. The molecule has 1 aliphatic rings. The minimum atomic E-state index is 0.121. The van der Waals surface area contributed by atoms with E-state index in [4.69, 9.17) is 9.15 Å². The van der Waals surface area contributed by atoms with Crippen molar-refractivity contribution in [2.75, 3.05) is 26.3 Å². The summed E-state index contributed by atoms with van der Waals surface area (Å²) in [5, 5.41) is 8.43. The van der Waals surface area contributed by atoms with E-state index in [0.717, 1.165) is 38.3 Å². The van der Waals surface area contributed by atoms with E-state index in [0.29, 0.717) is 17.7 Å². The zero-order chi connectivity index (χ0) is 15.4. The Morgan fingerprint density at radius 2 is 2.09 bits per heavy atom. The minimum absolute atomic E-state index is 0.121. The SMILES string of the molecule is CCN(C[C@H]1CCOC1)[C@@H](C)c1nnc(-c2ccccc2)o1. The molecule has 0 bridgehead atoms. The first kappa shape index (κ1) is 15.2. The predicted octanol–water partition coefficient (Wildman–Crippen LogP) is 3.16. The van der Waals surface area contributed by atoms with Gasteiger partial charge in [-0.2, -0.15) is 0 Å². The van der Waals surface area contributed by atoms with E-state index in [9.17, 15) is 0 Å². The maximum Gasteiger partial charge on any atom is 0.247 e. The Kier molecular flexibility index (Phi) is 4.85. The van der Waals surface area contributed by atoms with Gasteiger partial charge in [-0.1, -0.05) is 25.1 Å². The van der Waals surface area contributed by atoms with Crippen LogP contribution in [0.3, 0.4) is 0 Å². The molecule has 2 atom stereocenters. The third kappa shape index (κ3) is 3.36. The highest BCUT2D eigenvalue weighted by atomic mass is 16.5. The van der Waals surface area contributed by atoms with Crippen LogP contribution in [0.15, 0.2) is 34.7 Å². The van der Waals surface area contributed by atoms with Crippen LogP contribution in [-0.4, -0.2) is 41.4 Å². The van der Waals surface area contributed by atoms with Gasteiger partial charge in [0.1, 0.15) is 0 Å². The second-order valence-corrected chi connectivity index (χ2v) is 5.80. The molecule has 3 rings (SSSR count). The van der Waals surface area contributed by atoms with Gasteiger partial charge in [0.15, 0.2) is 0 Å². The van der Waals surface area contributed by atoms with E-state index in [1.807, 2.05) is 30.3 Å². The van der Waals surface area contributed by atoms with Crippen LogP contribution in [0.5, 0.6) is 0 Å². The topological polar surface area (TPSA) is 51.4 Å². The van der Waals surface area contributed by atoms with Gasteiger partial charge in [0.25, 0.3) is 0 Å². The molecule has 0 radical (unpaired) electrons. The van der Waals surface area contributed by atoms with Gasteiger partial charge in [0.05, 0.1) is 12.6 Å². The van der Waals surface area contributed by atoms with Gasteiger partial charge in [-0.25, -0.2) is 0 Å². The smallest absolute Gasteiger partial charge is 0.247 e. The molecule has 0 amide bonds. The first-order chi connectivity index (χ1) is 10.8. The fourth-order valence-electron chi connectivity index (χ4n) is 2.88. The van der Waals surface area contributed by atoms with Gasteiger partial charge in [-0.15, -0.1) is 10.2 Å². The molecule has 1 saturated heterocycles. The highest BCUT2D eigenvalue weighted by Gasteiger charge is 2.25. The molecule has 22 heavy (non-hydrogen) atoms. The zero-order valence-corrected chi connectivity index (χ0v) is 13.2. The Bertz CT molecular complexity index is 579. The van der Waals surface area contributed by atoms with Crippen molar-refractivity contribution in [1.29, 1.82) is 0 Å². The monoisotopic (exact) mass is 301 g/mol. The average Bonchev–Trinajstić information content (AvgIpc) is 3.24. The molecule has 0 spiro atoms. The summed E-state index contributed by atoms with van der Waals surface area (Å²) in [6.45, 7) is 8.02. The van der Waals surface area contributed by atoms with Crippen molar-refractivity contribution in [2.24, 2.45) is 5.92 Å². The quantitative estimate of drug-likeness (QED) is 0.820. The second-order valence-electron chi connectivity index (χ2n) is 5.80. The number of nitrogens with zero attached hydrogens (tertiary/aromatic N) is 3. The van der Waals surface area contributed by atoms with Crippen molar-refractivity contribution in [3.63, 3.8) is 0 Å². The lowest BCUT2D eigenvalue weighted by atomic mass is 10.1. The van der Waals surface area contributed by atoms with Crippen molar-refractivity contribution in [1.82, 2.24) is 15.1 Å². The Balaban J connectivity index is 1.70. The number of aromatic nitrogens is 2. The third-order valence-electron chi connectivity index (χ3n) is 4.29. The van der Waals surface area contributed by atoms with Crippen LogP contribution >= 0.6 is 0 Å². The molecule has 5 heteroatoms. The van der Waals surface area contributed by atoms with Crippen LogP contribution in [0.4, 0.5) is 0 Å². The van der Waals surface area contributed by atoms with Crippen molar-refractivity contribution < 1.29 is 9.15 Å². The molecule has 1 aromatic heterocycles. The minimum Gasteiger partial charge on any atom is -0.419 e. The van der Waals surface area contributed by atoms with Gasteiger partial charge in [0, 0.05) is 18.7 Å². The average molecular weight is 301 g/mol. The highest BCUT2D eigenvalue weighted by molar-refractivity contribution is 5.51. The Hall–Kier alpha value is -1.72. The largest absolute Gasteiger partial charge is 0.419 e. The number of hydrogen-bond donors (Lipinski definition) is 0. The van der Waals surface area contributed by atoms with E-state index in [-0.39, 0.29) is 6.04 Å². The van der Waals surface area contributed by atoms with Gasteiger partial charge in [-0.3, -0.25) is 4.90 Å². The summed E-state index contributed by atoms with van der Waals surface area (Å²) in [5.74, 6) is 1.88. The Morgan fingerprint density at radius 3 is 2.77 bits per heavy atom. The summed E-state index contributed by atoms with van der Waals surface area (Å²) in [5.41, 5.74) is 0.959. The van der Waals surface area contributed by atoms with E-state index >= 15 is 0 Å². The Morgan fingerprint density at radius 1 is 1.27 bits per heavy atom. The lowest BCUT2D eigenvalue weighted by Crippen LogP contribution is -2.32. The van der Waals surface area contributed by atoms with Gasteiger partial charge in [-0.05, 0) is 37.9 Å². The molecule has 0 saturated carbocycles. The Labute approximate surface area is 131 Å². The molecule has 1 aromatic carbocycles. The van der Waals surface area contributed by atoms with Crippen LogP contribution in [0.1, 0.15) is 32.2 Å². The summed E-state index contributed by atoms with van der Waals surface area (Å²) in [4.78, 5) is 2.38. The number of ether oxygens (including phenoxy) is 1. The number of hydrogen-bond acceptors (Lipinski definition) is 5. The molecule has 0 aliphatic carbocycles. The maximum atomic E-state index is 5.88. The zero-order valence-electron chi connectivity index (χ0n) is 13.2. The van der Waals surface area contributed by atoms with E-state index in [1.165, 1.54) is 0 Å². The van der Waals surface area contributed by atoms with Crippen molar-refractivity contribution in [2.45, 2.75) is 26.3 Å². The van der Waals surface area contributed by atoms with Crippen molar-refractivity contribution in [3.05, 3.63) is 36.2 Å². The van der Waals surface area contributed by atoms with E-state index in [1.54, 1.807) is 0 Å². The first-order valence-electron chi connectivity index (χ1n) is 7.98. The summed E-state index contributed by atoms with van der Waals surface area (Å²) in [6, 6.07) is 10.0. The molecule has 0 unspecified atom stereocenters. The van der Waals surface area contributed by atoms with Crippen LogP contribution in [0.2, 0.25) is 0 Å². The molecule has 2 aromatic rings.